The SMILES string of the molecule is Cn1ccnc1N1CCC1CN. The molecule has 66 valence electrons. The van der Waals surface area contributed by atoms with Gasteiger partial charge in [0.1, 0.15) is 0 Å². The fourth-order valence-electron chi connectivity index (χ4n) is 1.58. The van der Waals surface area contributed by atoms with Crippen LogP contribution in [0.25, 0.3) is 0 Å². The van der Waals surface area contributed by atoms with E-state index in [-0.39, 0.29) is 0 Å². The van der Waals surface area contributed by atoms with Crippen molar-refractivity contribution < 1.29 is 0 Å². The van der Waals surface area contributed by atoms with Crippen molar-refractivity contribution in [2.75, 3.05) is 18.0 Å². The minimum atomic E-state index is 0.506. The van der Waals surface area contributed by atoms with Gasteiger partial charge in [0.15, 0.2) is 0 Å². The average Bonchev–Trinajstić information content (AvgIpc) is 2.36. The quantitative estimate of drug-likeness (QED) is 0.670. The Morgan fingerprint density at radius 3 is 3.00 bits per heavy atom. The minimum absolute atomic E-state index is 0.506. The Balaban J connectivity index is 2.15. The highest BCUT2D eigenvalue weighted by molar-refractivity contribution is 5.36. The molecule has 1 saturated heterocycles. The van der Waals surface area contributed by atoms with Gasteiger partial charge in [-0.05, 0) is 6.42 Å². The van der Waals surface area contributed by atoms with Crippen molar-refractivity contribution in [1.29, 1.82) is 0 Å². The maximum atomic E-state index is 5.60. The monoisotopic (exact) mass is 166 g/mol. The summed E-state index contributed by atoms with van der Waals surface area (Å²) in [7, 11) is 2.01. The maximum absolute atomic E-state index is 5.60. The van der Waals surface area contributed by atoms with Crippen LogP contribution >= 0.6 is 0 Å². The molecule has 4 heteroatoms. The zero-order chi connectivity index (χ0) is 8.55. The number of nitrogens with zero attached hydrogens (tertiary/aromatic N) is 3. The largest absolute Gasteiger partial charge is 0.338 e. The molecular weight excluding hydrogens is 152 g/mol. The third-order valence-electron chi connectivity index (χ3n) is 2.47. The van der Waals surface area contributed by atoms with E-state index in [9.17, 15) is 0 Å². The standard InChI is InChI=1S/C8H14N4/c1-11-5-3-10-8(11)12-4-2-7(12)6-9/h3,5,7H,2,4,6,9H2,1H3. The summed E-state index contributed by atoms with van der Waals surface area (Å²) < 4.78 is 2.03. The van der Waals surface area contributed by atoms with E-state index in [0.717, 1.165) is 19.0 Å². The molecule has 0 spiro atoms. The highest BCUT2D eigenvalue weighted by atomic mass is 15.3. The first kappa shape index (κ1) is 7.61. The molecule has 1 aliphatic heterocycles. The molecule has 0 bridgehead atoms. The summed E-state index contributed by atoms with van der Waals surface area (Å²) in [6.45, 7) is 1.82. The van der Waals surface area contributed by atoms with Gasteiger partial charge in [-0.25, -0.2) is 4.98 Å². The lowest BCUT2D eigenvalue weighted by molar-refractivity contribution is 0.442. The molecule has 0 aromatic carbocycles. The molecule has 1 aliphatic rings. The molecule has 0 aliphatic carbocycles. The van der Waals surface area contributed by atoms with Gasteiger partial charge in [0.25, 0.3) is 0 Å². The molecule has 2 N–H and O–H groups in total. The van der Waals surface area contributed by atoms with Crippen LogP contribution in [0.2, 0.25) is 0 Å². The lowest BCUT2D eigenvalue weighted by Crippen LogP contribution is -2.52. The summed E-state index contributed by atoms with van der Waals surface area (Å²) >= 11 is 0. The van der Waals surface area contributed by atoms with Gasteiger partial charge in [-0.2, -0.15) is 0 Å². The van der Waals surface area contributed by atoms with E-state index in [1.807, 2.05) is 24.0 Å². The first-order chi connectivity index (χ1) is 5.83. The van der Waals surface area contributed by atoms with E-state index in [4.69, 9.17) is 5.73 Å². The van der Waals surface area contributed by atoms with Crippen molar-refractivity contribution in [1.82, 2.24) is 9.55 Å². The Hall–Kier alpha value is -1.03. The Kier molecular flexibility index (Phi) is 1.77. The number of imidazole rings is 1. The fraction of sp³-hybridized carbons (Fsp3) is 0.625. The van der Waals surface area contributed by atoms with Gasteiger partial charge in [-0.3, -0.25) is 0 Å². The van der Waals surface area contributed by atoms with E-state index < -0.39 is 0 Å². The molecule has 1 unspecified atom stereocenters. The second-order valence-corrected chi connectivity index (χ2v) is 3.21. The topological polar surface area (TPSA) is 47.1 Å². The summed E-state index contributed by atoms with van der Waals surface area (Å²) in [5.41, 5.74) is 5.60. The molecule has 0 saturated carbocycles. The third kappa shape index (κ3) is 0.992. The van der Waals surface area contributed by atoms with Gasteiger partial charge in [0, 0.05) is 38.6 Å². The zero-order valence-corrected chi connectivity index (χ0v) is 7.27. The number of nitrogens with two attached hydrogens (primary N) is 1. The van der Waals surface area contributed by atoms with Crippen LogP contribution in [0.3, 0.4) is 0 Å². The van der Waals surface area contributed by atoms with Gasteiger partial charge in [0.2, 0.25) is 5.95 Å². The normalized spacial score (nSPS) is 22.5. The van der Waals surface area contributed by atoms with E-state index in [2.05, 4.69) is 9.88 Å². The van der Waals surface area contributed by atoms with Crippen LogP contribution in [0.5, 0.6) is 0 Å². The smallest absolute Gasteiger partial charge is 0.205 e. The molecule has 0 radical (unpaired) electrons. The summed E-state index contributed by atoms with van der Waals surface area (Å²) in [6.07, 6.45) is 4.98. The van der Waals surface area contributed by atoms with Gasteiger partial charge in [-0.15, -0.1) is 0 Å². The molecule has 1 aromatic heterocycles. The molecule has 0 amide bonds. The Bertz CT molecular complexity index is 266. The van der Waals surface area contributed by atoms with E-state index in [0.29, 0.717) is 6.04 Å². The lowest BCUT2D eigenvalue weighted by Gasteiger charge is -2.40. The summed E-state index contributed by atoms with van der Waals surface area (Å²) in [6, 6.07) is 0.506. The van der Waals surface area contributed by atoms with Crippen LogP contribution in [-0.4, -0.2) is 28.7 Å². The maximum Gasteiger partial charge on any atom is 0.205 e. The second-order valence-electron chi connectivity index (χ2n) is 3.21. The average molecular weight is 166 g/mol. The van der Waals surface area contributed by atoms with E-state index in [1.54, 1.807) is 0 Å². The minimum Gasteiger partial charge on any atom is -0.338 e. The van der Waals surface area contributed by atoms with Gasteiger partial charge >= 0.3 is 0 Å². The van der Waals surface area contributed by atoms with Crippen molar-refractivity contribution in [3.63, 3.8) is 0 Å². The summed E-state index contributed by atoms with van der Waals surface area (Å²) in [4.78, 5) is 6.52. The molecule has 1 aromatic rings. The number of anilines is 1. The van der Waals surface area contributed by atoms with Crippen molar-refractivity contribution in [3.05, 3.63) is 12.4 Å². The molecule has 2 rings (SSSR count). The molecule has 4 nitrogen and oxygen atoms in total. The first-order valence-corrected chi connectivity index (χ1v) is 4.27. The number of aryl methyl sites for hydroxylation is 1. The van der Waals surface area contributed by atoms with E-state index >= 15 is 0 Å². The lowest BCUT2D eigenvalue weighted by atomic mass is 10.0. The van der Waals surface area contributed by atoms with Crippen LogP contribution in [0, 0.1) is 0 Å². The number of aromatic nitrogens is 2. The van der Waals surface area contributed by atoms with Crippen LogP contribution < -0.4 is 10.6 Å². The van der Waals surface area contributed by atoms with Crippen molar-refractivity contribution in [2.45, 2.75) is 12.5 Å². The number of hydrogen-bond acceptors (Lipinski definition) is 3. The summed E-state index contributed by atoms with van der Waals surface area (Å²) in [5, 5.41) is 0. The van der Waals surface area contributed by atoms with Gasteiger partial charge in [-0.1, -0.05) is 0 Å². The first-order valence-electron chi connectivity index (χ1n) is 4.27. The number of rotatable bonds is 2. The molecule has 1 atom stereocenters. The predicted molar refractivity (Wildman–Crippen MR) is 48.0 cm³/mol. The van der Waals surface area contributed by atoms with Crippen molar-refractivity contribution in [2.24, 2.45) is 12.8 Å². The van der Waals surface area contributed by atoms with Gasteiger partial charge < -0.3 is 15.2 Å². The van der Waals surface area contributed by atoms with E-state index in [1.165, 1.54) is 6.42 Å². The second kappa shape index (κ2) is 2.79. The Morgan fingerprint density at radius 1 is 1.75 bits per heavy atom. The van der Waals surface area contributed by atoms with Crippen LogP contribution in [0.4, 0.5) is 5.95 Å². The van der Waals surface area contributed by atoms with Crippen LogP contribution in [0.15, 0.2) is 12.4 Å². The molecule has 12 heavy (non-hydrogen) atoms. The van der Waals surface area contributed by atoms with Gasteiger partial charge in [0.05, 0.1) is 0 Å². The van der Waals surface area contributed by atoms with Crippen molar-refractivity contribution in [3.8, 4) is 0 Å². The zero-order valence-electron chi connectivity index (χ0n) is 7.27. The summed E-state index contributed by atoms with van der Waals surface area (Å²) in [5.74, 6) is 1.04. The highest BCUT2D eigenvalue weighted by Gasteiger charge is 2.28. The molecular formula is C8H14N4. The third-order valence-corrected chi connectivity index (χ3v) is 2.47. The number of hydrogen-bond donors (Lipinski definition) is 1. The highest BCUT2D eigenvalue weighted by Crippen LogP contribution is 2.22. The molecule has 1 fully saturated rings. The Morgan fingerprint density at radius 2 is 2.58 bits per heavy atom. The van der Waals surface area contributed by atoms with Crippen LogP contribution in [0.1, 0.15) is 6.42 Å². The fourth-order valence-corrected chi connectivity index (χ4v) is 1.58. The van der Waals surface area contributed by atoms with Crippen molar-refractivity contribution >= 4 is 5.95 Å². The predicted octanol–water partition coefficient (Wildman–Crippen LogP) is -0.0425. The molecule has 2 heterocycles. The van der Waals surface area contributed by atoms with Crippen LogP contribution in [-0.2, 0) is 7.05 Å². The Labute approximate surface area is 72.0 Å².